The summed E-state index contributed by atoms with van der Waals surface area (Å²) in [5, 5.41) is 9.22. The first-order valence-electron chi connectivity index (χ1n) is 7.07. The van der Waals surface area contributed by atoms with Gasteiger partial charge in [-0.3, -0.25) is 4.79 Å². The number of carbonyl (C=O) groups is 1. The van der Waals surface area contributed by atoms with Crippen molar-refractivity contribution in [2.75, 3.05) is 24.7 Å². The minimum Gasteiger partial charge on any atom is -0.395 e. The van der Waals surface area contributed by atoms with Crippen LogP contribution in [0.2, 0.25) is 0 Å². The maximum Gasteiger partial charge on any atom is 0.248 e. The van der Waals surface area contributed by atoms with E-state index >= 15 is 0 Å². The summed E-state index contributed by atoms with van der Waals surface area (Å²) in [5.74, 6) is 1.18. The van der Waals surface area contributed by atoms with Crippen LogP contribution < -0.4 is 5.73 Å². The maximum atomic E-state index is 12.8. The van der Waals surface area contributed by atoms with E-state index in [4.69, 9.17) is 5.73 Å². The first kappa shape index (κ1) is 17.3. The maximum absolute atomic E-state index is 12.8. The predicted octanol–water partition coefficient (Wildman–Crippen LogP) is 0.664. The zero-order valence-corrected chi connectivity index (χ0v) is 13.8. The van der Waals surface area contributed by atoms with Gasteiger partial charge in [0.25, 0.3) is 0 Å². The number of hydrogen-bond acceptors (Lipinski definition) is 5. The standard InChI is InChI=1S/C14H20N2O4S2/c15-14(18)11-3-5-13(6-4-11)22(19,20)16(7-8-17)12-2-1-9-21-10-12/h3-6,12,17H,1-2,7-10H2,(H2,15,18). The Morgan fingerprint density at radius 2 is 2.05 bits per heavy atom. The van der Waals surface area contributed by atoms with E-state index in [0.717, 1.165) is 24.3 Å². The van der Waals surface area contributed by atoms with Crippen LogP contribution in [0.3, 0.4) is 0 Å². The number of aliphatic hydroxyl groups is 1. The third-order valence-corrected chi connectivity index (χ3v) is 6.77. The van der Waals surface area contributed by atoms with Gasteiger partial charge in [0.15, 0.2) is 0 Å². The second-order valence-corrected chi connectivity index (χ2v) is 8.14. The van der Waals surface area contributed by atoms with E-state index in [1.807, 2.05) is 0 Å². The van der Waals surface area contributed by atoms with Crippen LogP contribution in [0.15, 0.2) is 29.2 Å². The number of hydrogen-bond donors (Lipinski definition) is 2. The number of carbonyl (C=O) groups excluding carboxylic acids is 1. The van der Waals surface area contributed by atoms with Crippen LogP contribution in [0, 0.1) is 0 Å². The van der Waals surface area contributed by atoms with Crippen LogP contribution in [0.1, 0.15) is 23.2 Å². The lowest BCUT2D eigenvalue weighted by Crippen LogP contribution is -2.44. The minimum absolute atomic E-state index is 0.0745. The summed E-state index contributed by atoms with van der Waals surface area (Å²) in [7, 11) is -3.70. The number of primary amides is 1. The van der Waals surface area contributed by atoms with Crippen molar-refractivity contribution < 1.29 is 18.3 Å². The highest BCUT2D eigenvalue weighted by Gasteiger charge is 2.32. The SMILES string of the molecule is NC(=O)c1ccc(S(=O)(=O)N(CCO)C2CCCSC2)cc1. The highest BCUT2D eigenvalue weighted by molar-refractivity contribution is 7.99. The molecule has 0 aromatic heterocycles. The van der Waals surface area contributed by atoms with Gasteiger partial charge in [0, 0.05) is 23.9 Å². The van der Waals surface area contributed by atoms with Gasteiger partial charge in [0.05, 0.1) is 11.5 Å². The summed E-state index contributed by atoms with van der Waals surface area (Å²) in [6.07, 6.45) is 1.76. The largest absolute Gasteiger partial charge is 0.395 e. The molecule has 1 aliphatic rings. The number of benzene rings is 1. The van der Waals surface area contributed by atoms with Crippen molar-refractivity contribution in [3.05, 3.63) is 29.8 Å². The smallest absolute Gasteiger partial charge is 0.248 e. The lowest BCUT2D eigenvalue weighted by Gasteiger charge is -2.32. The van der Waals surface area contributed by atoms with E-state index in [1.54, 1.807) is 11.8 Å². The lowest BCUT2D eigenvalue weighted by molar-refractivity contribution is 0.1000. The summed E-state index contributed by atoms with van der Waals surface area (Å²) >= 11 is 1.73. The van der Waals surface area contributed by atoms with Crippen LogP contribution in [-0.2, 0) is 10.0 Å². The Balaban J connectivity index is 2.29. The number of aliphatic hydroxyl groups excluding tert-OH is 1. The molecule has 1 unspecified atom stereocenters. The molecule has 1 heterocycles. The molecular weight excluding hydrogens is 324 g/mol. The molecule has 0 bridgehead atoms. The molecule has 1 saturated heterocycles. The number of rotatable bonds is 6. The van der Waals surface area contributed by atoms with Crippen LogP contribution in [0.5, 0.6) is 0 Å². The molecule has 1 aromatic rings. The van der Waals surface area contributed by atoms with E-state index in [2.05, 4.69) is 0 Å². The van der Waals surface area contributed by atoms with E-state index in [1.165, 1.54) is 28.6 Å². The lowest BCUT2D eigenvalue weighted by atomic mass is 10.2. The third kappa shape index (κ3) is 3.81. The molecule has 1 fully saturated rings. The summed E-state index contributed by atoms with van der Waals surface area (Å²) in [5.41, 5.74) is 5.43. The summed E-state index contributed by atoms with van der Waals surface area (Å²) in [4.78, 5) is 11.2. The molecule has 0 saturated carbocycles. The Labute approximate surface area is 134 Å². The predicted molar refractivity (Wildman–Crippen MR) is 86.3 cm³/mol. The first-order valence-corrected chi connectivity index (χ1v) is 9.66. The van der Waals surface area contributed by atoms with Crippen LogP contribution in [0.4, 0.5) is 0 Å². The van der Waals surface area contributed by atoms with Crippen molar-refractivity contribution in [3.8, 4) is 0 Å². The molecule has 1 aromatic carbocycles. The fourth-order valence-corrected chi connectivity index (χ4v) is 5.37. The number of thioether (sulfide) groups is 1. The van der Waals surface area contributed by atoms with Gasteiger partial charge in [-0.15, -0.1) is 0 Å². The molecular formula is C14H20N2O4S2. The van der Waals surface area contributed by atoms with Crippen LogP contribution >= 0.6 is 11.8 Å². The molecule has 1 atom stereocenters. The van der Waals surface area contributed by atoms with E-state index in [9.17, 15) is 18.3 Å². The zero-order chi connectivity index (χ0) is 16.2. The summed E-state index contributed by atoms with van der Waals surface area (Å²) in [6, 6.07) is 5.47. The monoisotopic (exact) mass is 344 g/mol. The normalized spacial score (nSPS) is 19.3. The highest BCUT2D eigenvalue weighted by atomic mass is 32.2. The molecule has 0 radical (unpaired) electrons. The molecule has 6 nitrogen and oxygen atoms in total. The number of nitrogens with two attached hydrogens (primary N) is 1. The van der Waals surface area contributed by atoms with Gasteiger partial charge >= 0.3 is 0 Å². The molecule has 22 heavy (non-hydrogen) atoms. The third-order valence-electron chi connectivity index (χ3n) is 3.61. The Kier molecular flexibility index (Phi) is 5.85. The van der Waals surface area contributed by atoms with Gasteiger partial charge in [-0.25, -0.2) is 8.42 Å². The Morgan fingerprint density at radius 3 is 2.55 bits per heavy atom. The van der Waals surface area contributed by atoms with Crippen molar-refractivity contribution in [2.24, 2.45) is 5.73 Å². The average molecular weight is 344 g/mol. The topological polar surface area (TPSA) is 101 Å². The molecule has 0 aliphatic carbocycles. The Bertz CT molecular complexity index is 610. The van der Waals surface area contributed by atoms with E-state index in [-0.39, 0.29) is 29.7 Å². The molecule has 122 valence electrons. The van der Waals surface area contributed by atoms with Gasteiger partial charge in [0.1, 0.15) is 0 Å². The van der Waals surface area contributed by atoms with Gasteiger partial charge in [-0.2, -0.15) is 16.1 Å². The summed E-state index contributed by atoms with van der Waals surface area (Å²) < 4.78 is 27.0. The average Bonchev–Trinajstić information content (AvgIpc) is 2.53. The van der Waals surface area contributed by atoms with E-state index < -0.39 is 15.9 Å². The van der Waals surface area contributed by atoms with Gasteiger partial charge in [-0.05, 0) is 42.9 Å². The van der Waals surface area contributed by atoms with Crippen molar-refractivity contribution in [2.45, 2.75) is 23.8 Å². The second-order valence-electron chi connectivity index (χ2n) is 5.10. The first-order chi connectivity index (χ1) is 10.5. The van der Waals surface area contributed by atoms with Gasteiger partial charge in [-0.1, -0.05) is 0 Å². The quantitative estimate of drug-likeness (QED) is 0.790. The Morgan fingerprint density at radius 1 is 1.36 bits per heavy atom. The molecule has 1 amide bonds. The van der Waals surface area contributed by atoms with Crippen molar-refractivity contribution >= 4 is 27.7 Å². The fourth-order valence-electron chi connectivity index (χ4n) is 2.47. The van der Waals surface area contributed by atoms with Crippen molar-refractivity contribution in [1.29, 1.82) is 0 Å². The van der Waals surface area contributed by atoms with Gasteiger partial charge < -0.3 is 10.8 Å². The van der Waals surface area contributed by atoms with Crippen LogP contribution in [0.25, 0.3) is 0 Å². The van der Waals surface area contributed by atoms with Crippen molar-refractivity contribution in [1.82, 2.24) is 4.31 Å². The van der Waals surface area contributed by atoms with E-state index in [0.29, 0.717) is 0 Å². The molecule has 8 heteroatoms. The minimum atomic E-state index is -3.70. The Hall–Kier alpha value is -1.09. The van der Waals surface area contributed by atoms with Crippen LogP contribution in [-0.4, -0.2) is 54.4 Å². The highest BCUT2D eigenvalue weighted by Crippen LogP contribution is 2.26. The number of amides is 1. The summed E-state index contributed by atoms with van der Waals surface area (Å²) in [6.45, 7) is -0.148. The molecule has 3 N–H and O–H groups in total. The van der Waals surface area contributed by atoms with Gasteiger partial charge in [0.2, 0.25) is 15.9 Å². The number of sulfonamides is 1. The second kappa shape index (κ2) is 7.45. The molecule has 0 spiro atoms. The number of nitrogens with zero attached hydrogens (tertiary/aromatic N) is 1. The van der Waals surface area contributed by atoms with Crippen molar-refractivity contribution in [3.63, 3.8) is 0 Å². The molecule has 2 rings (SSSR count). The zero-order valence-electron chi connectivity index (χ0n) is 12.1. The fraction of sp³-hybridized carbons (Fsp3) is 0.500. The molecule has 1 aliphatic heterocycles.